The van der Waals surface area contributed by atoms with Crippen LogP contribution in [0.15, 0.2) is 21.1 Å². The molecule has 2 aromatic rings. The molecule has 5 N–H and O–H groups in total. The summed E-state index contributed by atoms with van der Waals surface area (Å²) in [6.07, 6.45) is 0.158. The van der Waals surface area contributed by atoms with Gasteiger partial charge in [-0.3, -0.25) is 14.5 Å². The summed E-state index contributed by atoms with van der Waals surface area (Å²) < 4.78 is 4.11. The van der Waals surface area contributed by atoms with E-state index in [1.165, 1.54) is 33.6 Å². The number of nitrogens with zero attached hydrogens (tertiary/aromatic N) is 5. The number of oxime groups is 1. The van der Waals surface area contributed by atoms with Gasteiger partial charge in [0.1, 0.15) is 27.6 Å². The Morgan fingerprint density at radius 1 is 1.44 bits per heavy atom. The molecule has 2 atom stereocenters. The van der Waals surface area contributed by atoms with E-state index in [2.05, 4.69) is 24.8 Å². The predicted octanol–water partition coefficient (Wildman–Crippen LogP) is 1.04. The number of carboxylic acid groups (broad SMARTS) is 1. The van der Waals surface area contributed by atoms with Crippen LogP contribution >= 0.6 is 46.4 Å². The molecule has 2 aliphatic heterocycles. The van der Waals surface area contributed by atoms with Crippen molar-refractivity contribution in [2.45, 2.75) is 29.8 Å². The first-order valence-corrected chi connectivity index (χ1v) is 12.5. The molecule has 4 heterocycles. The number of carbonyl (C=O) groups is 3. The Balaban J connectivity index is 1.63. The van der Waals surface area contributed by atoms with Gasteiger partial charge < -0.3 is 21.4 Å². The quantitative estimate of drug-likeness (QED) is 0.179. The van der Waals surface area contributed by atoms with E-state index in [-0.39, 0.29) is 39.5 Å². The molecule has 2 amide bonds. The van der Waals surface area contributed by atoms with Gasteiger partial charge in [0.05, 0.1) is 17.5 Å². The largest absolute Gasteiger partial charge is 0.477 e. The molecule has 12 nitrogen and oxygen atoms in total. The molecule has 0 radical (unpaired) electrons. The van der Waals surface area contributed by atoms with Crippen molar-refractivity contribution in [1.29, 1.82) is 0 Å². The van der Waals surface area contributed by atoms with E-state index in [0.29, 0.717) is 16.6 Å². The number of thioether (sulfide) groups is 2. The van der Waals surface area contributed by atoms with Crippen molar-refractivity contribution in [2.24, 2.45) is 5.16 Å². The summed E-state index contributed by atoms with van der Waals surface area (Å²) in [5.74, 6) is -1.43. The fourth-order valence-corrected chi connectivity index (χ4v) is 6.96. The molecule has 1 saturated heterocycles. The number of amides is 2. The lowest BCUT2D eigenvalue weighted by molar-refractivity contribution is -0.146. The second kappa shape index (κ2) is 9.05. The summed E-state index contributed by atoms with van der Waals surface area (Å²) in [4.78, 5) is 46.7. The normalized spacial score (nSPS) is 20.7. The number of fused-ring (bicyclic) bond motifs is 1. The first kappa shape index (κ1) is 22.5. The molecular weight excluding hydrogens is 498 g/mol. The lowest BCUT2D eigenvalue weighted by atomic mass is 10.1. The highest BCUT2D eigenvalue weighted by Crippen LogP contribution is 2.47. The van der Waals surface area contributed by atoms with Gasteiger partial charge in [0.25, 0.3) is 5.91 Å². The number of aliphatic carboxylic acids is 1. The van der Waals surface area contributed by atoms with Crippen LogP contribution in [-0.2, 0) is 20.1 Å². The van der Waals surface area contributed by atoms with Gasteiger partial charge in [-0.1, -0.05) is 5.16 Å². The number of nitrogens with two attached hydrogens (primary N) is 1. The molecule has 4 rings (SSSR count). The third-order valence-corrected chi connectivity index (χ3v) is 8.66. The third-order valence-electron chi connectivity index (χ3n) is 4.38. The lowest BCUT2D eigenvalue weighted by Crippen LogP contribution is -2.57. The smallest absolute Gasteiger partial charge is 0.353 e. The number of anilines is 1. The number of nitrogens with one attached hydrogen (secondary N) is 1. The molecule has 32 heavy (non-hydrogen) atoms. The summed E-state index contributed by atoms with van der Waals surface area (Å²) >= 11 is 4.65. The maximum absolute atomic E-state index is 12.9. The Bertz CT molecular complexity index is 1160. The van der Waals surface area contributed by atoms with Crippen LogP contribution in [0.2, 0.25) is 0 Å². The monoisotopic (exact) mass is 513 g/mol. The van der Waals surface area contributed by atoms with Gasteiger partial charge in [-0.05, 0) is 18.5 Å². The summed E-state index contributed by atoms with van der Waals surface area (Å²) in [6.45, 7) is 1.75. The molecule has 168 valence electrons. The number of nitrogen functional groups attached to an aromatic ring is 1. The molecule has 0 spiro atoms. The summed E-state index contributed by atoms with van der Waals surface area (Å²) in [5.41, 5.74) is 5.15. The van der Waals surface area contributed by atoms with Crippen LogP contribution in [0.25, 0.3) is 0 Å². The molecule has 1 unspecified atom stereocenters. The Hall–Kier alpha value is -2.69. The molecule has 2 aliphatic rings. The van der Waals surface area contributed by atoms with E-state index in [1.54, 1.807) is 6.92 Å². The standard InChI is InChI=1S/C16H15N7O5S4/c1-5-18-7(32-22-5)4-29-12-11(15(26)27)23-8(24)2-9(23)31-14(12)20-13(25)10(21-28)6-3-30-16(17)19-6/h3,9,14,28H,2,4H2,1H3,(H2,17,19)(H,20,25)(H,26,27)/b21-10-/t9-,14?/m1/s1. The van der Waals surface area contributed by atoms with E-state index in [9.17, 15) is 24.7 Å². The highest BCUT2D eigenvalue weighted by molar-refractivity contribution is 8.06. The van der Waals surface area contributed by atoms with Crippen LogP contribution in [-0.4, -0.2) is 63.8 Å². The van der Waals surface area contributed by atoms with Crippen LogP contribution in [0.5, 0.6) is 0 Å². The molecule has 0 saturated carbocycles. The van der Waals surface area contributed by atoms with Crippen molar-refractivity contribution < 1.29 is 24.7 Å². The van der Waals surface area contributed by atoms with Crippen molar-refractivity contribution in [3.63, 3.8) is 0 Å². The predicted molar refractivity (Wildman–Crippen MR) is 120 cm³/mol. The minimum Gasteiger partial charge on any atom is -0.477 e. The second-order valence-corrected chi connectivity index (χ2v) is 10.5. The highest BCUT2D eigenvalue weighted by Gasteiger charge is 2.49. The van der Waals surface area contributed by atoms with Gasteiger partial charge in [-0.15, -0.1) is 34.9 Å². The van der Waals surface area contributed by atoms with E-state index >= 15 is 0 Å². The van der Waals surface area contributed by atoms with E-state index < -0.39 is 22.6 Å². The van der Waals surface area contributed by atoms with Crippen LogP contribution in [0.4, 0.5) is 5.13 Å². The minimum atomic E-state index is -1.28. The molecule has 0 bridgehead atoms. The Labute approximate surface area is 197 Å². The van der Waals surface area contributed by atoms with Crippen molar-refractivity contribution in [2.75, 3.05) is 5.73 Å². The highest BCUT2D eigenvalue weighted by atomic mass is 32.2. The van der Waals surface area contributed by atoms with Gasteiger partial charge in [-0.2, -0.15) is 4.37 Å². The van der Waals surface area contributed by atoms with E-state index in [4.69, 9.17) is 5.73 Å². The number of thiazole rings is 1. The SMILES string of the molecule is Cc1nsc(CSC2=C(C(=O)O)N3C(=O)C[C@H]3SC2NC(=O)/C(=N\O)c2csc(N)n2)n1. The van der Waals surface area contributed by atoms with Gasteiger partial charge in [0, 0.05) is 10.3 Å². The number of carboxylic acids is 1. The number of aryl methyl sites for hydroxylation is 1. The van der Waals surface area contributed by atoms with Crippen LogP contribution in [0.1, 0.15) is 22.9 Å². The molecule has 2 aromatic heterocycles. The van der Waals surface area contributed by atoms with E-state index in [0.717, 1.165) is 23.1 Å². The summed E-state index contributed by atoms with van der Waals surface area (Å²) in [6, 6.07) is 0. The number of rotatable bonds is 7. The van der Waals surface area contributed by atoms with Crippen molar-refractivity contribution in [1.82, 2.24) is 24.6 Å². The van der Waals surface area contributed by atoms with Crippen LogP contribution in [0, 0.1) is 6.92 Å². The second-order valence-electron chi connectivity index (χ2n) is 6.47. The molecule has 0 aliphatic carbocycles. The molecular formula is C16H15N7O5S4. The zero-order valence-corrected chi connectivity index (χ0v) is 19.5. The zero-order chi connectivity index (χ0) is 23.0. The summed E-state index contributed by atoms with van der Waals surface area (Å²) in [5, 5.41) is 26.0. The van der Waals surface area contributed by atoms with Gasteiger partial charge in [0.15, 0.2) is 10.8 Å². The average molecular weight is 514 g/mol. The fourth-order valence-electron chi connectivity index (χ4n) is 3.01. The number of carbonyl (C=O) groups excluding carboxylic acids is 2. The first-order valence-electron chi connectivity index (χ1n) is 8.89. The third kappa shape index (κ3) is 4.30. The van der Waals surface area contributed by atoms with Crippen molar-refractivity contribution in [3.05, 3.63) is 32.5 Å². The Morgan fingerprint density at radius 2 is 2.22 bits per heavy atom. The maximum atomic E-state index is 12.9. The van der Waals surface area contributed by atoms with Gasteiger partial charge >= 0.3 is 5.97 Å². The van der Waals surface area contributed by atoms with Gasteiger partial charge in [-0.25, -0.2) is 14.8 Å². The first-order chi connectivity index (χ1) is 15.3. The molecule has 16 heteroatoms. The Kier molecular flexibility index (Phi) is 6.36. The number of aromatic nitrogens is 3. The zero-order valence-electron chi connectivity index (χ0n) is 16.2. The molecule has 0 aromatic carbocycles. The number of hydrogen-bond donors (Lipinski definition) is 4. The van der Waals surface area contributed by atoms with Gasteiger partial charge in [0.2, 0.25) is 5.91 Å². The number of hydrogen-bond acceptors (Lipinski definition) is 13. The van der Waals surface area contributed by atoms with E-state index in [1.807, 2.05) is 0 Å². The average Bonchev–Trinajstić information content (AvgIpc) is 3.34. The Morgan fingerprint density at radius 3 is 2.78 bits per heavy atom. The minimum absolute atomic E-state index is 0.0923. The summed E-state index contributed by atoms with van der Waals surface area (Å²) in [7, 11) is 0. The topological polar surface area (TPSA) is 184 Å². The lowest BCUT2D eigenvalue weighted by Gasteiger charge is -2.46. The van der Waals surface area contributed by atoms with Crippen LogP contribution in [0.3, 0.4) is 0 Å². The number of β-lactam (4-membered cyclic amide) rings is 1. The van der Waals surface area contributed by atoms with Crippen molar-refractivity contribution >= 4 is 75.0 Å². The van der Waals surface area contributed by atoms with Crippen LogP contribution < -0.4 is 11.1 Å². The maximum Gasteiger partial charge on any atom is 0.353 e. The van der Waals surface area contributed by atoms with Crippen molar-refractivity contribution in [3.8, 4) is 0 Å². The fraction of sp³-hybridized carbons (Fsp3) is 0.312. The molecule has 1 fully saturated rings.